The van der Waals surface area contributed by atoms with Crippen LogP contribution in [0.3, 0.4) is 0 Å². The van der Waals surface area contributed by atoms with Crippen LogP contribution in [0.15, 0.2) is 36.9 Å². The summed E-state index contributed by atoms with van der Waals surface area (Å²) >= 11 is 1.32. The first-order valence-corrected chi connectivity index (χ1v) is 11.0. The van der Waals surface area contributed by atoms with Crippen LogP contribution in [0.25, 0.3) is 33.2 Å². The molecule has 0 saturated carbocycles. The zero-order valence-electron chi connectivity index (χ0n) is 17.1. The van der Waals surface area contributed by atoms with Crippen LogP contribution in [0.4, 0.5) is 13.2 Å². The fourth-order valence-electron chi connectivity index (χ4n) is 3.68. The van der Waals surface area contributed by atoms with Crippen molar-refractivity contribution in [3.8, 4) is 39.0 Å². The van der Waals surface area contributed by atoms with E-state index in [1.807, 2.05) is 35.3 Å². The first-order chi connectivity index (χ1) is 15.4. The normalized spacial score (nSPS) is 13.4. The van der Waals surface area contributed by atoms with E-state index in [0.29, 0.717) is 29.5 Å². The van der Waals surface area contributed by atoms with Gasteiger partial charge in [0.25, 0.3) is 0 Å². The van der Waals surface area contributed by atoms with Crippen molar-refractivity contribution in [3.63, 3.8) is 0 Å². The molecule has 3 aromatic heterocycles. The van der Waals surface area contributed by atoms with E-state index in [1.54, 1.807) is 0 Å². The topological polar surface area (TPSA) is 70.7 Å². The maximum atomic E-state index is 12.9. The van der Waals surface area contributed by atoms with Crippen LogP contribution < -0.4 is 4.74 Å². The summed E-state index contributed by atoms with van der Waals surface area (Å²) in [6.45, 7) is 2.20. The maximum absolute atomic E-state index is 12.9. The number of halogens is 3. The summed E-state index contributed by atoms with van der Waals surface area (Å²) in [5, 5.41) is 8.52. The molecule has 0 aliphatic carbocycles. The van der Waals surface area contributed by atoms with Gasteiger partial charge in [-0.25, -0.2) is 14.6 Å². The van der Waals surface area contributed by atoms with E-state index in [9.17, 15) is 13.2 Å². The van der Waals surface area contributed by atoms with Gasteiger partial charge >= 0.3 is 6.18 Å². The molecule has 0 atom stereocenters. The quantitative estimate of drug-likeness (QED) is 0.426. The second-order valence-electron chi connectivity index (χ2n) is 7.45. The van der Waals surface area contributed by atoms with E-state index >= 15 is 0 Å². The van der Waals surface area contributed by atoms with E-state index in [4.69, 9.17) is 4.74 Å². The molecular weight excluding hydrogens is 441 g/mol. The summed E-state index contributed by atoms with van der Waals surface area (Å²) < 4.78 is 47.4. The summed E-state index contributed by atoms with van der Waals surface area (Å²) in [7, 11) is 0. The zero-order valence-corrected chi connectivity index (χ0v) is 17.9. The number of alkyl halides is 3. The predicted octanol–water partition coefficient (Wildman–Crippen LogP) is 4.84. The number of benzene rings is 1. The SMILES string of the molecule is CCCn1cc(-c2ccc3c(c2)OCCc2sc(-c4ncnn4CC(F)(F)F)nc2-3)cn1. The number of thiazole rings is 1. The van der Waals surface area contributed by atoms with Crippen molar-refractivity contribution < 1.29 is 17.9 Å². The van der Waals surface area contributed by atoms with Crippen LogP contribution in [-0.2, 0) is 19.5 Å². The first kappa shape index (κ1) is 20.7. The number of hydrogen-bond donors (Lipinski definition) is 0. The molecule has 0 N–H and O–H groups in total. The van der Waals surface area contributed by atoms with Crippen molar-refractivity contribution in [1.29, 1.82) is 0 Å². The highest BCUT2D eigenvalue weighted by Gasteiger charge is 2.31. The molecule has 7 nitrogen and oxygen atoms in total. The van der Waals surface area contributed by atoms with Crippen LogP contribution in [0, 0.1) is 0 Å². The molecule has 0 bridgehead atoms. The highest BCUT2D eigenvalue weighted by molar-refractivity contribution is 7.15. The van der Waals surface area contributed by atoms with Crippen LogP contribution in [-0.4, -0.2) is 42.3 Å². The Balaban J connectivity index is 1.50. The monoisotopic (exact) mass is 460 g/mol. The lowest BCUT2D eigenvalue weighted by Crippen LogP contribution is -2.19. The van der Waals surface area contributed by atoms with Crippen LogP contribution in [0.2, 0.25) is 0 Å². The molecule has 1 aliphatic heterocycles. The highest BCUT2D eigenvalue weighted by atomic mass is 32.1. The Morgan fingerprint density at radius 2 is 2.06 bits per heavy atom. The molecule has 4 heterocycles. The van der Waals surface area contributed by atoms with E-state index in [1.165, 1.54) is 11.3 Å². The molecule has 0 radical (unpaired) electrons. The van der Waals surface area contributed by atoms with Crippen molar-refractivity contribution in [1.82, 2.24) is 29.5 Å². The first-order valence-electron chi connectivity index (χ1n) is 10.2. The number of fused-ring (bicyclic) bond motifs is 3. The summed E-state index contributed by atoms with van der Waals surface area (Å²) in [6, 6.07) is 5.88. The Morgan fingerprint density at radius 3 is 2.88 bits per heavy atom. The van der Waals surface area contributed by atoms with E-state index in [2.05, 4.69) is 27.1 Å². The molecule has 0 saturated heterocycles. The predicted molar refractivity (Wildman–Crippen MR) is 113 cm³/mol. The summed E-state index contributed by atoms with van der Waals surface area (Å²) in [4.78, 5) is 9.62. The number of aryl methyl sites for hydroxylation is 1. The third-order valence-electron chi connectivity index (χ3n) is 5.08. The maximum Gasteiger partial charge on any atom is 0.408 e. The summed E-state index contributed by atoms with van der Waals surface area (Å²) in [5.74, 6) is 0.806. The van der Waals surface area contributed by atoms with Crippen molar-refractivity contribution >= 4 is 11.3 Å². The average Bonchev–Trinajstić information content (AvgIpc) is 3.46. The number of ether oxygens (including phenoxy) is 1. The van der Waals surface area contributed by atoms with Crippen LogP contribution >= 0.6 is 11.3 Å². The van der Waals surface area contributed by atoms with Gasteiger partial charge in [-0.2, -0.15) is 23.4 Å². The molecule has 5 rings (SSSR count). The Kier molecular flexibility index (Phi) is 5.20. The molecule has 0 amide bonds. The van der Waals surface area contributed by atoms with E-state index in [0.717, 1.165) is 45.5 Å². The van der Waals surface area contributed by atoms with Crippen LogP contribution in [0.5, 0.6) is 5.75 Å². The molecule has 4 aromatic rings. The molecule has 1 aliphatic rings. The number of nitrogens with zero attached hydrogens (tertiary/aromatic N) is 6. The van der Waals surface area contributed by atoms with Gasteiger partial charge in [-0.3, -0.25) is 4.68 Å². The second kappa shape index (κ2) is 8.05. The Bertz CT molecular complexity index is 1260. The van der Waals surface area contributed by atoms with Gasteiger partial charge in [0.05, 0.1) is 18.5 Å². The van der Waals surface area contributed by atoms with Crippen molar-refractivity contribution in [3.05, 3.63) is 41.8 Å². The molecule has 0 spiro atoms. The van der Waals surface area contributed by atoms with Crippen molar-refractivity contribution in [2.75, 3.05) is 6.61 Å². The van der Waals surface area contributed by atoms with Gasteiger partial charge in [-0.1, -0.05) is 13.0 Å². The molecule has 166 valence electrons. The average molecular weight is 460 g/mol. The molecule has 1 aromatic carbocycles. The Hall–Kier alpha value is -3.21. The molecule has 11 heteroatoms. The van der Waals surface area contributed by atoms with Gasteiger partial charge in [0.15, 0.2) is 10.8 Å². The minimum absolute atomic E-state index is 0.114. The molecule has 0 fully saturated rings. The zero-order chi connectivity index (χ0) is 22.3. The van der Waals surface area contributed by atoms with Gasteiger partial charge in [-0.05, 0) is 24.1 Å². The molecule has 0 unspecified atom stereocenters. The van der Waals surface area contributed by atoms with Gasteiger partial charge < -0.3 is 4.74 Å². The van der Waals surface area contributed by atoms with Gasteiger partial charge in [-0.15, -0.1) is 11.3 Å². The number of hydrogen-bond acceptors (Lipinski definition) is 6. The largest absolute Gasteiger partial charge is 0.492 e. The van der Waals surface area contributed by atoms with Crippen molar-refractivity contribution in [2.45, 2.75) is 39.0 Å². The lowest BCUT2D eigenvalue weighted by atomic mass is 10.0. The smallest absolute Gasteiger partial charge is 0.408 e. The number of rotatable bonds is 5. The van der Waals surface area contributed by atoms with Crippen molar-refractivity contribution in [2.24, 2.45) is 0 Å². The Morgan fingerprint density at radius 1 is 1.19 bits per heavy atom. The van der Waals surface area contributed by atoms with Crippen LogP contribution in [0.1, 0.15) is 18.2 Å². The standard InChI is InChI=1S/C21H19F3N6OS/c1-2-6-29-10-14(9-26-29)13-3-4-15-16(8-13)31-7-5-17-18(15)28-20(32-17)19-25-12-27-30(19)11-21(22,23)24/h3-4,8-10,12H,2,5-7,11H2,1H3. The minimum Gasteiger partial charge on any atom is -0.492 e. The fraction of sp³-hybridized carbons (Fsp3) is 0.333. The minimum atomic E-state index is -4.39. The second-order valence-corrected chi connectivity index (χ2v) is 8.53. The highest BCUT2D eigenvalue weighted by Crippen LogP contribution is 2.41. The van der Waals surface area contributed by atoms with Gasteiger partial charge in [0, 0.05) is 35.2 Å². The molecular formula is C21H19F3N6OS. The van der Waals surface area contributed by atoms with E-state index < -0.39 is 12.7 Å². The van der Waals surface area contributed by atoms with Gasteiger partial charge in [0.1, 0.15) is 18.6 Å². The Labute approximate surface area is 185 Å². The third-order valence-corrected chi connectivity index (χ3v) is 6.19. The lowest BCUT2D eigenvalue weighted by molar-refractivity contribution is -0.142. The fourth-order valence-corrected chi connectivity index (χ4v) is 4.73. The van der Waals surface area contributed by atoms with Gasteiger partial charge in [0.2, 0.25) is 0 Å². The lowest BCUT2D eigenvalue weighted by Gasteiger charge is -2.09. The summed E-state index contributed by atoms with van der Waals surface area (Å²) in [6.07, 6.45) is 2.17. The number of aromatic nitrogens is 6. The molecule has 32 heavy (non-hydrogen) atoms. The van der Waals surface area contributed by atoms with E-state index in [-0.39, 0.29) is 5.82 Å². The third kappa shape index (κ3) is 3.99. The summed E-state index contributed by atoms with van der Waals surface area (Å²) in [5.41, 5.74) is 3.50.